The Labute approximate surface area is 94.6 Å². The summed E-state index contributed by atoms with van der Waals surface area (Å²) in [5, 5.41) is 2.70. The zero-order valence-electron chi connectivity index (χ0n) is 9.69. The summed E-state index contributed by atoms with van der Waals surface area (Å²) in [5.74, 6) is 0. The lowest BCUT2D eigenvalue weighted by atomic mass is 10.1. The quantitative estimate of drug-likeness (QED) is 0.618. The molecule has 4 nitrogen and oxygen atoms in total. The first kappa shape index (κ1) is 10.7. The third-order valence-electron chi connectivity index (χ3n) is 2.55. The molecule has 0 saturated heterocycles. The lowest BCUT2D eigenvalue weighted by molar-refractivity contribution is 0.185. The average molecular weight is 217 g/mol. The van der Waals surface area contributed by atoms with Gasteiger partial charge in [0, 0.05) is 23.8 Å². The van der Waals surface area contributed by atoms with Crippen molar-refractivity contribution < 1.29 is 4.84 Å². The molecule has 0 radical (unpaired) electrons. The van der Waals surface area contributed by atoms with Crippen LogP contribution in [0.1, 0.15) is 5.69 Å². The minimum absolute atomic E-state index is 0.726. The number of nitrogen functional groups attached to an aromatic ring is 1. The Morgan fingerprint density at radius 1 is 1.31 bits per heavy atom. The van der Waals surface area contributed by atoms with Crippen molar-refractivity contribution in [3.8, 4) is 0 Å². The number of benzene rings is 1. The van der Waals surface area contributed by atoms with Gasteiger partial charge < -0.3 is 5.73 Å². The number of aromatic nitrogens is 1. The Balaban J connectivity index is 2.74. The van der Waals surface area contributed by atoms with Crippen LogP contribution in [0.5, 0.6) is 0 Å². The number of aryl methyl sites for hydroxylation is 1. The van der Waals surface area contributed by atoms with Gasteiger partial charge in [-0.25, -0.2) is 0 Å². The molecule has 0 aliphatic carbocycles. The molecule has 0 bridgehead atoms. The Hall–Kier alpha value is -1.81. The highest BCUT2D eigenvalue weighted by Gasteiger charge is 2.08. The van der Waals surface area contributed by atoms with E-state index in [-0.39, 0.29) is 0 Å². The SMILES string of the molecule is CON(C)c1cc(C)nc2ccc(N)cc12. The maximum atomic E-state index is 5.79. The predicted octanol–water partition coefficient (Wildman–Crippen LogP) is 2.12. The molecule has 2 aromatic rings. The van der Waals surface area contributed by atoms with Crippen LogP contribution in [0.3, 0.4) is 0 Å². The van der Waals surface area contributed by atoms with Crippen LogP contribution in [0.25, 0.3) is 10.9 Å². The molecule has 0 unspecified atom stereocenters. The van der Waals surface area contributed by atoms with Crippen LogP contribution in [-0.4, -0.2) is 19.1 Å². The van der Waals surface area contributed by atoms with Gasteiger partial charge in [-0.15, -0.1) is 0 Å². The first-order valence-electron chi connectivity index (χ1n) is 5.06. The molecular formula is C12H15N3O. The molecule has 0 atom stereocenters. The van der Waals surface area contributed by atoms with Gasteiger partial charge in [0.05, 0.1) is 18.3 Å². The maximum absolute atomic E-state index is 5.79. The highest BCUT2D eigenvalue weighted by Crippen LogP contribution is 2.27. The molecule has 1 aromatic carbocycles. The second-order valence-electron chi connectivity index (χ2n) is 3.74. The van der Waals surface area contributed by atoms with Gasteiger partial charge in [-0.05, 0) is 31.2 Å². The van der Waals surface area contributed by atoms with Crippen molar-refractivity contribution in [3.63, 3.8) is 0 Å². The fourth-order valence-corrected chi connectivity index (χ4v) is 1.71. The van der Waals surface area contributed by atoms with Crippen LogP contribution in [0.4, 0.5) is 11.4 Å². The number of hydroxylamine groups is 1. The standard InChI is InChI=1S/C12H15N3O/c1-8-6-12(15(2)16-3)10-7-9(13)4-5-11(10)14-8/h4-7H,13H2,1-3H3. The molecule has 16 heavy (non-hydrogen) atoms. The first-order valence-corrected chi connectivity index (χ1v) is 5.06. The monoisotopic (exact) mass is 217 g/mol. The zero-order chi connectivity index (χ0) is 11.7. The zero-order valence-corrected chi connectivity index (χ0v) is 9.69. The topological polar surface area (TPSA) is 51.4 Å². The van der Waals surface area contributed by atoms with E-state index in [2.05, 4.69) is 4.98 Å². The summed E-state index contributed by atoms with van der Waals surface area (Å²) in [7, 11) is 3.49. The van der Waals surface area contributed by atoms with Crippen LogP contribution in [0, 0.1) is 6.92 Å². The number of nitrogens with two attached hydrogens (primary N) is 1. The van der Waals surface area contributed by atoms with Crippen molar-refractivity contribution in [2.24, 2.45) is 0 Å². The lowest BCUT2D eigenvalue weighted by Crippen LogP contribution is -2.15. The van der Waals surface area contributed by atoms with Crippen LogP contribution in [0.15, 0.2) is 24.3 Å². The number of hydrogen-bond donors (Lipinski definition) is 1. The lowest BCUT2D eigenvalue weighted by Gasteiger charge is -2.18. The highest BCUT2D eigenvalue weighted by molar-refractivity contribution is 5.93. The van der Waals surface area contributed by atoms with Gasteiger partial charge in [-0.3, -0.25) is 14.9 Å². The second-order valence-corrected chi connectivity index (χ2v) is 3.74. The Bertz CT molecular complexity index is 525. The van der Waals surface area contributed by atoms with Gasteiger partial charge in [0.1, 0.15) is 0 Å². The summed E-state index contributed by atoms with van der Waals surface area (Å²) in [5.41, 5.74) is 9.36. The van der Waals surface area contributed by atoms with E-state index in [1.165, 1.54) is 0 Å². The van der Waals surface area contributed by atoms with Gasteiger partial charge >= 0.3 is 0 Å². The number of rotatable bonds is 2. The van der Waals surface area contributed by atoms with Crippen LogP contribution < -0.4 is 10.8 Å². The van der Waals surface area contributed by atoms with Gasteiger partial charge in [0.2, 0.25) is 0 Å². The summed E-state index contributed by atoms with van der Waals surface area (Å²) in [6.45, 7) is 1.96. The molecule has 1 heterocycles. The predicted molar refractivity (Wildman–Crippen MR) is 66.3 cm³/mol. The van der Waals surface area contributed by atoms with Gasteiger partial charge in [0.15, 0.2) is 0 Å². The highest BCUT2D eigenvalue weighted by atomic mass is 16.7. The molecule has 0 saturated carbocycles. The molecule has 0 fully saturated rings. The molecule has 1 aromatic heterocycles. The third kappa shape index (κ3) is 1.79. The minimum atomic E-state index is 0.726. The fourth-order valence-electron chi connectivity index (χ4n) is 1.71. The molecule has 2 rings (SSSR count). The van der Waals surface area contributed by atoms with Crippen LogP contribution in [0.2, 0.25) is 0 Å². The van der Waals surface area contributed by atoms with E-state index in [0.29, 0.717) is 0 Å². The second kappa shape index (κ2) is 3.98. The molecule has 0 aliphatic heterocycles. The number of hydrogen-bond acceptors (Lipinski definition) is 4. The molecular weight excluding hydrogens is 202 g/mol. The van der Waals surface area contributed by atoms with E-state index in [0.717, 1.165) is 28.0 Å². The van der Waals surface area contributed by atoms with Gasteiger partial charge in [-0.1, -0.05) is 0 Å². The fraction of sp³-hybridized carbons (Fsp3) is 0.250. The number of fused-ring (bicyclic) bond motifs is 1. The summed E-state index contributed by atoms with van der Waals surface area (Å²) < 4.78 is 0. The van der Waals surface area contributed by atoms with Crippen molar-refractivity contribution in [1.29, 1.82) is 0 Å². The maximum Gasteiger partial charge on any atom is 0.0745 e. The summed E-state index contributed by atoms with van der Waals surface area (Å²) in [4.78, 5) is 9.66. The number of pyridine rings is 1. The molecule has 0 aliphatic rings. The van der Waals surface area contributed by atoms with E-state index in [1.807, 2.05) is 38.2 Å². The summed E-state index contributed by atoms with van der Waals surface area (Å²) in [6.07, 6.45) is 0. The minimum Gasteiger partial charge on any atom is -0.399 e. The molecule has 2 N–H and O–H groups in total. The van der Waals surface area contributed by atoms with E-state index in [4.69, 9.17) is 10.6 Å². The van der Waals surface area contributed by atoms with Crippen LogP contribution in [-0.2, 0) is 4.84 Å². The van der Waals surface area contributed by atoms with Crippen molar-refractivity contribution in [2.45, 2.75) is 6.92 Å². The normalized spacial score (nSPS) is 10.7. The Morgan fingerprint density at radius 2 is 2.06 bits per heavy atom. The van der Waals surface area contributed by atoms with Gasteiger partial charge in [-0.2, -0.15) is 0 Å². The summed E-state index contributed by atoms with van der Waals surface area (Å²) in [6, 6.07) is 7.66. The van der Waals surface area contributed by atoms with Gasteiger partial charge in [0.25, 0.3) is 0 Å². The van der Waals surface area contributed by atoms with E-state index in [9.17, 15) is 0 Å². The Kier molecular flexibility index (Phi) is 2.66. The Morgan fingerprint density at radius 3 is 2.75 bits per heavy atom. The van der Waals surface area contributed by atoms with E-state index >= 15 is 0 Å². The third-order valence-corrected chi connectivity index (χ3v) is 2.55. The first-order chi connectivity index (χ1) is 7.61. The average Bonchev–Trinajstić information content (AvgIpc) is 2.27. The van der Waals surface area contributed by atoms with Crippen molar-refractivity contribution in [3.05, 3.63) is 30.0 Å². The van der Waals surface area contributed by atoms with Crippen molar-refractivity contribution in [1.82, 2.24) is 4.98 Å². The number of nitrogens with zero attached hydrogens (tertiary/aromatic N) is 2. The molecule has 0 amide bonds. The van der Waals surface area contributed by atoms with E-state index in [1.54, 1.807) is 12.2 Å². The van der Waals surface area contributed by atoms with E-state index < -0.39 is 0 Å². The molecule has 84 valence electrons. The van der Waals surface area contributed by atoms with Crippen molar-refractivity contribution >= 4 is 22.3 Å². The van der Waals surface area contributed by atoms with Crippen molar-refractivity contribution in [2.75, 3.05) is 25.0 Å². The largest absolute Gasteiger partial charge is 0.399 e. The molecule has 4 heteroatoms. The summed E-state index contributed by atoms with van der Waals surface area (Å²) >= 11 is 0. The number of anilines is 2. The molecule has 0 spiro atoms. The van der Waals surface area contributed by atoms with Crippen LogP contribution >= 0.6 is 0 Å². The smallest absolute Gasteiger partial charge is 0.0745 e.